The number of anilines is 1. The summed E-state index contributed by atoms with van der Waals surface area (Å²) in [6, 6.07) is 20.8. The normalized spacial score (nSPS) is 22.0. The van der Waals surface area contributed by atoms with E-state index < -0.39 is 29.7 Å². The van der Waals surface area contributed by atoms with Crippen molar-refractivity contribution in [1.29, 1.82) is 0 Å². The van der Waals surface area contributed by atoms with Crippen LogP contribution in [0.5, 0.6) is 17.4 Å². The average molecular weight is 700 g/mol. The molecule has 0 radical (unpaired) electrons. The summed E-state index contributed by atoms with van der Waals surface area (Å²) in [5.74, 6) is -0.419. The Hall–Kier alpha value is -5.91. The number of fused-ring (bicyclic) bond motifs is 1. The molecule has 264 valence electrons. The van der Waals surface area contributed by atoms with E-state index in [-0.39, 0.29) is 47.3 Å². The van der Waals surface area contributed by atoms with Crippen LogP contribution in [0.4, 0.5) is 5.69 Å². The smallest absolute Gasteiger partial charge is 0.262 e. The van der Waals surface area contributed by atoms with E-state index in [1.807, 2.05) is 24.3 Å². The Morgan fingerprint density at radius 1 is 0.846 bits per heavy atom. The summed E-state index contributed by atoms with van der Waals surface area (Å²) in [7, 11) is 0. The molecule has 0 bridgehead atoms. The summed E-state index contributed by atoms with van der Waals surface area (Å²) in [6.45, 7) is 1.45. The Labute approximate surface area is 299 Å². The zero-order valence-electron chi connectivity index (χ0n) is 28.6. The average Bonchev–Trinajstić information content (AvgIpc) is 3.72. The number of Topliss-reactive ketones (excluding diaryl/α,β-unsaturated/α-hetero) is 1. The summed E-state index contributed by atoms with van der Waals surface area (Å²) in [5.41, 5.74) is 3.93. The lowest BCUT2D eigenvalue weighted by molar-refractivity contribution is -0.136. The molecule has 3 heterocycles. The minimum absolute atomic E-state index is 0.0420. The number of carbonyl (C=O) groups is 5. The Morgan fingerprint density at radius 2 is 1.52 bits per heavy atom. The number of aromatic nitrogens is 2. The number of ether oxygens (including phenoxy) is 2. The summed E-state index contributed by atoms with van der Waals surface area (Å²) in [5, 5.41) is 5.67. The maximum atomic E-state index is 13.2. The van der Waals surface area contributed by atoms with Gasteiger partial charge >= 0.3 is 0 Å². The van der Waals surface area contributed by atoms with E-state index in [9.17, 15) is 24.0 Å². The van der Waals surface area contributed by atoms with E-state index in [1.165, 1.54) is 30.4 Å². The van der Waals surface area contributed by atoms with E-state index in [0.29, 0.717) is 17.3 Å². The molecule has 0 spiro atoms. The Bertz CT molecular complexity index is 2070. The molecule has 12 heteroatoms. The first-order valence-corrected chi connectivity index (χ1v) is 17.7. The van der Waals surface area contributed by atoms with Gasteiger partial charge < -0.3 is 14.8 Å². The number of imide groups is 2. The number of piperidine rings is 1. The third-order valence-corrected chi connectivity index (χ3v) is 10.7. The maximum absolute atomic E-state index is 13.2. The minimum Gasteiger partial charge on any atom is -0.490 e. The number of rotatable bonds is 10. The van der Waals surface area contributed by atoms with Gasteiger partial charge in [-0.15, -0.1) is 0 Å². The molecule has 1 atom stereocenters. The van der Waals surface area contributed by atoms with Gasteiger partial charge in [-0.05, 0) is 72.9 Å². The molecule has 4 aromatic rings. The number of nitrogens with one attached hydrogen (secondary N) is 2. The molecule has 1 aromatic heterocycles. The molecule has 8 rings (SSSR count). The van der Waals surface area contributed by atoms with Crippen molar-refractivity contribution in [2.24, 2.45) is 0 Å². The minimum atomic E-state index is -0.989. The van der Waals surface area contributed by atoms with Gasteiger partial charge in [0.1, 0.15) is 29.3 Å². The number of benzene rings is 3. The lowest BCUT2D eigenvalue weighted by Crippen LogP contribution is -2.54. The van der Waals surface area contributed by atoms with Gasteiger partial charge in [-0.1, -0.05) is 37.1 Å². The largest absolute Gasteiger partial charge is 0.490 e. The van der Waals surface area contributed by atoms with Crippen molar-refractivity contribution in [3.63, 3.8) is 0 Å². The van der Waals surface area contributed by atoms with Crippen LogP contribution in [0, 0.1) is 0 Å². The molecule has 4 amide bonds. The molecule has 4 aliphatic rings. The molecule has 2 saturated carbocycles. The molecule has 3 fully saturated rings. The fourth-order valence-electron chi connectivity index (χ4n) is 7.86. The van der Waals surface area contributed by atoms with Crippen molar-refractivity contribution in [3.05, 3.63) is 107 Å². The topological polar surface area (TPSA) is 157 Å². The number of hydrogen-bond donors (Lipinski definition) is 2. The van der Waals surface area contributed by atoms with Crippen LogP contribution in [-0.4, -0.2) is 62.5 Å². The first-order valence-electron chi connectivity index (χ1n) is 17.7. The standard InChI is InChI=1S/C40H37N5O7/c1-23(46)33-21-42-36(22-41-33)52-29-11-6-25(7-12-29)40(16-2-3-17-40)24-4-9-28(10-5-24)51-30-18-27(19-30)43-26-8-13-31-32(20-26)39(50)45(38(31)49)34-14-15-35(47)44-37(34)48/h4-13,20-22,27,30,34,43H,2-3,14-19H2,1H3,(H,44,47,48)/t27-,30-,34?. The first kappa shape index (κ1) is 33.2. The number of nitrogens with zero attached hydrogens (tertiary/aromatic N) is 3. The van der Waals surface area contributed by atoms with Crippen LogP contribution in [0.25, 0.3) is 0 Å². The van der Waals surface area contributed by atoms with Crippen LogP contribution in [0.2, 0.25) is 0 Å². The van der Waals surface area contributed by atoms with Gasteiger partial charge in [-0.3, -0.25) is 34.2 Å². The molecule has 2 aliphatic carbocycles. The van der Waals surface area contributed by atoms with Crippen LogP contribution in [-0.2, 0) is 15.0 Å². The summed E-state index contributed by atoms with van der Waals surface area (Å²) < 4.78 is 12.2. The van der Waals surface area contributed by atoms with E-state index in [4.69, 9.17) is 9.47 Å². The van der Waals surface area contributed by atoms with Gasteiger partial charge in [0, 0.05) is 43.3 Å². The van der Waals surface area contributed by atoms with E-state index >= 15 is 0 Å². The zero-order chi connectivity index (χ0) is 36.0. The highest BCUT2D eigenvalue weighted by Gasteiger charge is 2.45. The second-order valence-electron chi connectivity index (χ2n) is 14.0. The maximum Gasteiger partial charge on any atom is 0.262 e. The third kappa shape index (κ3) is 6.18. The Kier molecular flexibility index (Phi) is 8.52. The lowest BCUT2D eigenvalue weighted by Gasteiger charge is -2.36. The van der Waals surface area contributed by atoms with Gasteiger partial charge in [-0.2, -0.15) is 0 Å². The van der Waals surface area contributed by atoms with Gasteiger partial charge in [0.25, 0.3) is 11.8 Å². The third-order valence-electron chi connectivity index (χ3n) is 10.7. The lowest BCUT2D eigenvalue weighted by atomic mass is 9.73. The number of carbonyl (C=O) groups excluding carboxylic acids is 5. The fraction of sp³-hybridized carbons (Fsp3) is 0.325. The van der Waals surface area contributed by atoms with Gasteiger partial charge in [0.15, 0.2) is 5.78 Å². The Morgan fingerprint density at radius 3 is 2.15 bits per heavy atom. The highest BCUT2D eigenvalue weighted by Crippen LogP contribution is 2.47. The van der Waals surface area contributed by atoms with E-state index in [1.54, 1.807) is 18.2 Å². The number of amides is 4. The van der Waals surface area contributed by atoms with Crippen molar-refractivity contribution in [1.82, 2.24) is 20.2 Å². The molecule has 1 unspecified atom stereocenters. The van der Waals surface area contributed by atoms with Crippen molar-refractivity contribution < 1.29 is 33.4 Å². The Balaban J connectivity index is 0.865. The highest BCUT2D eigenvalue weighted by atomic mass is 16.5. The van der Waals surface area contributed by atoms with Crippen molar-refractivity contribution in [2.45, 2.75) is 81.9 Å². The molecule has 2 aliphatic heterocycles. The van der Waals surface area contributed by atoms with Crippen LogP contribution in [0.1, 0.15) is 101 Å². The quantitative estimate of drug-likeness (QED) is 0.154. The summed E-state index contributed by atoms with van der Waals surface area (Å²) >= 11 is 0. The van der Waals surface area contributed by atoms with Gasteiger partial charge in [0.05, 0.1) is 23.5 Å². The van der Waals surface area contributed by atoms with Gasteiger partial charge in [-0.25, -0.2) is 9.97 Å². The van der Waals surface area contributed by atoms with Crippen molar-refractivity contribution in [3.8, 4) is 17.4 Å². The van der Waals surface area contributed by atoms with Gasteiger partial charge in [0.2, 0.25) is 17.7 Å². The SMILES string of the molecule is CC(=O)c1cnc(Oc2ccc(C3(c4ccc(O[C@H]5C[C@H](Nc6ccc7c(c6)C(=O)N(C6CCC(=O)NC6=O)C7=O)C5)cc4)CCCC3)cc2)cn1. The molecule has 52 heavy (non-hydrogen) atoms. The first-order chi connectivity index (χ1) is 25.2. The second-order valence-corrected chi connectivity index (χ2v) is 14.0. The van der Waals surface area contributed by atoms with Crippen molar-refractivity contribution >= 4 is 35.1 Å². The zero-order valence-corrected chi connectivity index (χ0v) is 28.6. The van der Waals surface area contributed by atoms with E-state index in [2.05, 4.69) is 44.9 Å². The van der Waals surface area contributed by atoms with Crippen LogP contribution in [0.3, 0.4) is 0 Å². The molecule has 1 saturated heterocycles. The molecule has 3 aromatic carbocycles. The van der Waals surface area contributed by atoms with Crippen LogP contribution < -0.4 is 20.1 Å². The van der Waals surface area contributed by atoms with Crippen LogP contribution >= 0.6 is 0 Å². The number of ketones is 1. The summed E-state index contributed by atoms with van der Waals surface area (Å²) in [6.07, 6.45) is 9.08. The van der Waals surface area contributed by atoms with E-state index in [0.717, 1.165) is 54.9 Å². The molecular formula is C40H37N5O7. The molecule has 2 N–H and O–H groups in total. The second kappa shape index (κ2) is 13.3. The van der Waals surface area contributed by atoms with Crippen molar-refractivity contribution in [2.75, 3.05) is 5.32 Å². The highest BCUT2D eigenvalue weighted by molar-refractivity contribution is 6.23. The molecular weight excluding hydrogens is 662 g/mol. The monoisotopic (exact) mass is 699 g/mol. The molecule has 12 nitrogen and oxygen atoms in total. The number of hydrogen-bond acceptors (Lipinski definition) is 10. The summed E-state index contributed by atoms with van der Waals surface area (Å²) in [4.78, 5) is 70.9. The predicted molar refractivity (Wildman–Crippen MR) is 188 cm³/mol. The van der Waals surface area contributed by atoms with Crippen LogP contribution in [0.15, 0.2) is 79.1 Å². The fourth-order valence-corrected chi connectivity index (χ4v) is 7.86. The predicted octanol–water partition coefficient (Wildman–Crippen LogP) is 5.75.